The lowest BCUT2D eigenvalue weighted by atomic mass is 9.96. The zero-order valence-corrected chi connectivity index (χ0v) is 22.6. The van der Waals surface area contributed by atoms with Gasteiger partial charge in [-0.1, -0.05) is 12.0 Å². The first-order chi connectivity index (χ1) is 19.3. The van der Waals surface area contributed by atoms with E-state index < -0.39 is 11.6 Å². The Morgan fingerprint density at radius 2 is 1.98 bits per heavy atom. The molecule has 2 saturated heterocycles. The maximum absolute atomic E-state index is 16.6. The molecule has 2 aliphatic rings. The van der Waals surface area contributed by atoms with E-state index in [1.807, 2.05) is 11.9 Å². The number of aromatic nitrogens is 3. The standard InChI is InChI=1S/C30H31F2N7O/c1-4-21-24(31)8-7-18-14-20(40)15-22(25(18)21)27-26(32)28-23(16-34-27)29(38(3)17-19-6-5-9-33-19)36-30(35-28)39-12-10-37(2)11-13-39/h1,7-8,14-16,19,33,40H,5-6,9-13,17H2,2-3H3/t19-/m1/s1. The first kappa shape index (κ1) is 26.2. The molecular weight excluding hydrogens is 512 g/mol. The van der Waals surface area contributed by atoms with Gasteiger partial charge in [0.2, 0.25) is 5.95 Å². The molecule has 0 spiro atoms. The molecule has 4 aromatic rings. The number of hydrogen-bond donors (Lipinski definition) is 2. The van der Waals surface area contributed by atoms with Gasteiger partial charge in [0.25, 0.3) is 0 Å². The predicted molar refractivity (Wildman–Crippen MR) is 154 cm³/mol. The van der Waals surface area contributed by atoms with Gasteiger partial charge in [-0.2, -0.15) is 4.98 Å². The average molecular weight is 544 g/mol. The van der Waals surface area contributed by atoms with Crippen molar-refractivity contribution in [3.8, 4) is 29.4 Å². The van der Waals surface area contributed by atoms with Crippen molar-refractivity contribution in [3.05, 3.63) is 47.7 Å². The minimum Gasteiger partial charge on any atom is -0.508 e. The Labute approximate surface area is 231 Å². The Hall–Kier alpha value is -4.07. The number of pyridine rings is 1. The van der Waals surface area contributed by atoms with E-state index in [-0.39, 0.29) is 28.1 Å². The van der Waals surface area contributed by atoms with Crippen LogP contribution >= 0.6 is 0 Å². The molecular formula is C30H31F2N7O. The monoisotopic (exact) mass is 543 g/mol. The van der Waals surface area contributed by atoms with E-state index in [9.17, 15) is 9.50 Å². The number of halogens is 2. The number of benzene rings is 2. The highest BCUT2D eigenvalue weighted by Gasteiger charge is 2.26. The molecule has 0 saturated carbocycles. The highest BCUT2D eigenvalue weighted by Crippen LogP contribution is 2.38. The van der Waals surface area contributed by atoms with Crippen LogP contribution < -0.4 is 15.1 Å². The Morgan fingerprint density at radius 3 is 2.70 bits per heavy atom. The minimum atomic E-state index is -0.678. The number of likely N-dealkylation sites (N-methyl/N-ethyl adjacent to an activating group) is 2. The average Bonchev–Trinajstić information content (AvgIpc) is 3.46. The molecule has 2 aromatic carbocycles. The summed E-state index contributed by atoms with van der Waals surface area (Å²) in [5.74, 6) is 2.04. The van der Waals surface area contributed by atoms with Gasteiger partial charge in [-0.25, -0.2) is 13.8 Å². The number of fused-ring (bicyclic) bond motifs is 2. The fraction of sp³-hybridized carbons (Fsp3) is 0.367. The molecule has 0 unspecified atom stereocenters. The summed E-state index contributed by atoms with van der Waals surface area (Å²) in [7, 11) is 4.02. The van der Waals surface area contributed by atoms with Crippen LogP contribution in [-0.2, 0) is 0 Å². The van der Waals surface area contributed by atoms with Crippen molar-refractivity contribution in [2.24, 2.45) is 0 Å². The Balaban J connectivity index is 1.55. The molecule has 2 N–H and O–H groups in total. The van der Waals surface area contributed by atoms with Gasteiger partial charge >= 0.3 is 0 Å². The molecule has 10 heteroatoms. The van der Waals surface area contributed by atoms with Crippen LogP contribution in [-0.4, -0.2) is 84.4 Å². The number of anilines is 2. The normalized spacial score (nSPS) is 18.0. The van der Waals surface area contributed by atoms with Crippen molar-refractivity contribution in [2.75, 3.05) is 63.2 Å². The Bertz CT molecular complexity index is 1640. The summed E-state index contributed by atoms with van der Waals surface area (Å²) < 4.78 is 31.3. The molecule has 2 fully saturated rings. The van der Waals surface area contributed by atoms with Crippen LogP contribution in [0.2, 0.25) is 0 Å². The SMILES string of the molecule is C#Cc1c(F)ccc2cc(O)cc(-c3ncc4c(N(C)C[C@H]5CCCN5)nc(N5CCN(C)CC5)nc4c3F)c12. The van der Waals surface area contributed by atoms with Gasteiger partial charge in [-0.05, 0) is 50.0 Å². The smallest absolute Gasteiger partial charge is 0.228 e. The molecule has 8 nitrogen and oxygen atoms in total. The lowest BCUT2D eigenvalue weighted by Gasteiger charge is -2.33. The summed E-state index contributed by atoms with van der Waals surface area (Å²) in [6.07, 6.45) is 9.39. The van der Waals surface area contributed by atoms with E-state index in [1.54, 1.807) is 6.20 Å². The summed E-state index contributed by atoms with van der Waals surface area (Å²) in [6.45, 7) is 4.82. The fourth-order valence-electron chi connectivity index (χ4n) is 5.74. The van der Waals surface area contributed by atoms with Crippen LogP contribution in [0.5, 0.6) is 5.75 Å². The fourth-order valence-corrected chi connectivity index (χ4v) is 5.74. The summed E-state index contributed by atoms with van der Waals surface area (Å²) >= 11 is 0. The Kier molecular flexibility index (Phi) is 6.86. The molecule has 206 valence electrons. The maximum Gasteiger partial charge on any atom is 0.228 e. The molecule has 2 aliphatic heterocycles. The summed E-state index contributed by atoms with van der Waals surface area (Å²) in [5, 5.41) is 15.2. The highest BCUT2D eigenvalue weighted by molar-refractivity contribution is 6.03. The van der Waals surface area contributed by atoms with Gasteiger partial charge < -0.3 is 25.1 Å². The number of rotatable bonds is 5. The van der Waals surface area contributed by atoms with Crippen LogP contribution in [0, 0.1) is 24.0 Å². The number of phenols is 1. The van der Waals surface area contributed by atoms with Gasteiger partial charge in [0.15, 0.2) is 5.82 Å². The van der Waals surface area contributed by atoms with E-state index in [1.165, 1.54) is 24.3 Å². The van der Waals surface area contributed by atoms with Crippen LogP contribution in [0.15, 0.2) is 30.5 Å². The lowest BCUT2D eigenvalue weighted by molar-refractivity contribution is 0.311. The first-order valence-corrected chi connectivity index (χ1v) is 13.5. The van der Waals surface area contributed by atoms with Crippen LogP contribution in [0.4, 0.5) is 20.5 Å². The number of aromatic hydroxyl groups is 1. The van der Waals surface area contributed by atoms with Crippen LogP contribution in [0.1, 0.15) is 18.4 Å². The van der Waals surface area contributed by atoms with Crippen molar-refractivity contribution in [2.45, 2.75) is 18.9 Å². The molecule has 2 aromatic heterocycles. The van der Waals surface area contributed by atoms with Crippen molar-refractivity contribution in [1.82, 2.24) is 25.2 Å². The second kappa shape index (κ2) is 10.5. The van der Waals surface area contributed by atoms with Gasteiger partial charge in [0, 0.05) is 63.0 Å². The van der Waals surface area contributed by atoms with E-state index in [2.05, 4.69) is 33.1 Å². The van der Waals surface area contributed by atoms with Crippen molar-refractivity contribution in [1.29, 1.82) is 0 Å². The largest absolute Gasteiger partial charge is 0.508 e. The van der Waals surface area contributed by atoms with Crippen molar-refractivity contribution in [3.63, 3.8) is 0 Å². The quantitative estimate of drug-likeness (QED) is 0.369. The third kappa shape index (κ3) is 4.65. The summed E-state index contributed by atoms with van der Waals surface area (Å²) in [4.78, 5) is 20.4. The van der Waals surface area contributed by atoms with E-state index in [4.69, 9.17) is 16.4 Å². The van der Waals surface area contributed by atoms with Gasteiger partial charge in [0.05, 0.1) is 10.9 Å². The first-order valence-electron chi connectivity index (χ1n) is 13.5. The van der Waals surface area contributed by atoms with Crippen molar-refractivity contribution >= 4 is 33.4 Å². The highest BCUT2D eigenvalue weighted by atomic mass is 19.1. The molecule has 0 amide bonds. The molecule has 4 heterocycles. The number of terminal acetylenes is 1. The molecule has 1 atom stereocenters. The third-order valence-corrected chi connectivity index (χ3v) is 7.91. The van der Waals surface area contributed by atoms with Gasteiger partial charge in [-0.15, -0.1) is 6.42 Å². The van der Waals surface area contributed by atoms with E-state index in [0.29, 0.717) is 40.5 Å². The maximum atomic E-state index is 16.6. The minimum absolute atomic E-state index is 0.0147. The van der Waals surface area contributed by atoms with Gasteiger partial charge in [-0.3, -0.25) is 4.98 Å². The number of nitrogens with one attached hydrogen (secondary N) is 1. The predicted octanol–water partition coefficient (Wildman–Crippen LogP) is 3.75. The van der Waals surface area contributed by atoms with Crippen LogP contribution in [0.25, 0.3) is 32.9 Å². The number of nitrogens with zero attached hydrogens (tertiary/aromatic N) is 6. The third-order valence-electron chi connectivity index (χ3n) is 7.91. The molecule has 0 radical (unpaired) electrons. The zero-order chi connectivity index (χ0) is 28.0. The second-order valence-corrected chi connectivity index (χ2v) is 10.7. The second-order valence-electron chi connectivity index (χ2n) is 10.7. The molecule has 6 rings (SSSR count). The molecule has 0 bridgehead atoms. The summed E-state index contributed by atoms with van der Waals surface area (Å²) in [5.41, 5.74) is 0.237. The molecule has 0 aliphatic carbocycles. The zero-order valence-electron chi connectivity index (χ0n) is 22.6. The number of phenolic OH excluding ortho intramolecular Hbond substituents is 1. The summed E-state index contributed by atoms with van der Waals surface area (Å²) in [6, 6.07) is 5.89. The Morgan fingerprint density at radius 1 is 1.18 bits per heavy atom. The number of hydrogen-bond acceptors (Lipinski definition) is 8. The van der Waals surface area contributed by atoms with Crippen LogP contribution in [0.3, 0.4) is 0 Å². The number of piperazine rings is 1. The topological polar surface area (TPSA) is 80.7 Å². The van der Waals surface area contributed by atoms with E-state index >= 15 is 4.39 Å². The molecule has 40 heavy (non-hydrogen) atoms. The van der Waals surface area contributed by atoms with E-state index in [0.717, 1.165) is 45.6 Å². The lowest BCUT2D eigenvalue weighted by Crippen LogP contribution is -2.45. The van der Waals surface area contributed by atoms with Crippen molar-refractivity contribution < 1.29 is 13.9 Å². The van der Waals surface area contributed by atoms with Gasteiger partial charge in [0.1, 0.15) is 28.6 Å².